The maximum Gasteiger partial charge on any atom is 0.290 e. The first-order valence-corrected chi connectivity index (χ1v) is 4.69. The SMILES string of the molecule is CC(=O)c1ccc(Oc2ccc(F)cc2)o1. The third-order valence-electron chi connectivity index (χ3n) is 1.96. The van der Waals surface area contributed by atoms with Crippen molar-refractivity contribution < 1.29 is 18.3 Å². The standard InChI is InChI=1S/C12H9FO3/c1-8(14)11-6-7-12(16-11)15-10-4-2-9(13)3-5-10/h2-7H,1H3. The van der Waals surface area contributed by atoms with Crippen LogP contribution in [0.25, 0.3) is 0 Å². The lowest BCUT2D eigenvalue weighted by Gasteiger charge is -2.00. The number of ketones is 1. The number of carbonyl (C=O) groups is 1. The van der Waals surface area contributed by atoms with Gasteiger partial charge in [-0.1, -0.05) is 0 Å². The van der Waals surface area contributed by atoms with Gasteiger partial charge in [0.25, 0.3) is 5.95 Å². The molecule has 0 amide bonds. The van der Waals surface area contributed by atoms with Crippen LogP contribution in [0, 0.1) is 5.82 Å². The molecule has 1 aromatic carbocycles. The number of halogens is 1. The highest BCUT2D eigenvalue weighted by atomic mass is 19.1. The molecule has 0 radical (unpaired) electrons. The van der Waals surface area contributed by atoms with Crippen molar-refractivity contribution in [2.75, 3.05) is 0 Å². The molecule has 0 saturated heterocycles. The van der Waals surface area contributed by atoms with E-state index in [0.717, 1.165) is 0 Å². The highest BCUT2D eigenvalue weighted by Gasteiger charge is 2.07. The summed E-state index contributed by atoms with van der Waals surface area (Å²) in [4.78, 5) is 11.0. The first kappa shape index (κ1) is 10.4. The summed E-state index contributed by atoms with van der Waals surface area (Å²) in [6.07, 6.45) is 0. The lowest BCUT2D eigenvalue weighted by molar-refractivity contribution is 0.0982. The maximum absolute atomic E-state index is 12.6. The molecule has 0 spiro atoms. The van der Waals surface area contributed by atoms with Crippen molar-refractivity contribution in [3.63, 3.8) is 0 Å². The van der Waals surface area contributed by atoms with Crippen LogP contribution in [-0.2, 0) is 0 Å². The minimum Gasteiger partial charge on any atom is -0.426 e. The Hall–Kier alpha value is -2.10. The minimum atomic E-state index is -0.337. The summed E-state index contributed by atoms with van der Waals surface area (Å²) in [7, 11) is 0. The molecular formula is C12H9FO3. The first-order chi connectivity index (χ1) is 7.65. The quantitative estimate of drug-likeness (QED) is 0.744. The lowest BCUT2D eigenvalue weighted by Crippen LogP contribution is -1.86. The van der Waals surface area contributed by atoms with Crippen LogP contribution in [0.4, 0.5) is 4.39 Å². The first-order valence-electron chi connectivity index (χ1n) is 4.69. The number of rotatable bonds is 3. The van der Waals surface area contributed by atoms with E-state index in [4.69, 9.17) is 9.15 Å². The molecule has 0 aliphatic heterocycles. The predicted octanol–water partition coefficient (Wildman–Crippen LogP) is 3.41. The van der Waals surface area contributed by atoms with Crippen molar-refractivity contribution in [1.29, 1.82) is 0 Å². The second-order valence-electron chi connectivity index (χ2n) is 3.23. The van der Waals surface area contributed by atoms with Gasteiger partial charge in [0.15, 0.2) is 11.5 Å². The minimum absolute atomic E-state index is 0.172. The molecule has 1 heterocycles. The molecule has 0 unspecified atom stereocenters. The highest BCUT2D eigenvalue weighted by Crippen LogP contribution is 2.23. The van der Waals surface area contributed by atoms with Crippen LogP contribution in [0.1, 0.15) is 17.5 Å². The Kier molecular flexibility index (Phi) is 2.72. The zero-order valence-electron chi connectivity index (χ0n) is 8.57. The van der Waals surface area contributed by atoms with Gasteiger partial charge in [-0.3, -0.25) is 4.79 Å². The van der Waals surface area contributed by atoms with Crippen LogP contribution in [0.5, 0.6) is 11.7 Å². The number of carbonyl (C=O) groups excluding carboxylic acids is 1. The zero-order chi connectivity index (χ0) is 11.5. The van der Waals surface area contributed by atoms with E-state index in [1.165, 1.54) is 37.3 Å². The van der Waals surface area contributed by atoms with Crippen LogP contribution in [0.15, 0.2) is 40.8 Å². The highest BCUT2D eigenvalue weighted by molar-refractivity contribution is 5.91. The summed E-state index contributed by atoms with van der Waals surface area (Å²) < 4.78 is 23.0. The van der Waals surface area contributed by atoms with Crippen molar-refractivity contribution in [3.05, 3.63) is 48.0 Å². The Bertz CT molecular complexity index is 499. The van der Waals surface area contributed by atoms with Crippen LogP contribution < -0.4 is 4.74 Å². The molecule has 0 fully saturated rings. The van der Waals surface area contributed by atoms with Gasteiger partial charge >= 0.3 is 0 Å². The fourth-order valence-corrected chi connectivity index (χ4v) is 1.18. The molecule has 16 heavy (non-hydrogen) atoms. The average Bonchev–Trinajstić information content (AvgIpc) is 2.70. The second kappa shape index (κ2) is 4.18. The Labute approximate surface area is 91.5 Å². The Morgan fingerprint density at radius 1 is 1.19 bits per heavy atom. The maximum atomic E-state index is 12.6. The van der Waals surface area contributed by atoms with Gasteiger partial charge in [0.05, 0.1) is 0 Å². The van der Waals surface area contributed by atoms with E-state index in [1.54, 1.807) is 6.07 Å². The number of hydrogen-bond acceptors (Lipinski definition) is 3. The molecule has 0 saturated carbocycles. The summed E-state index contributed by atoms with van der Waals surface area (Å²) in [5.41, 5.74) is 0. The van der Waals surface area contributed by atoms with Gasteiger partial charge in [0.1, 0.15) is 11.6 Å². The van der Waals surface area contributed by atoms with Crippen LogP contribution >= 0.6 is 0 Å². The van der Waals surface area contributed by atoms with E-state index in [1.807, 2.05) is 0 Å². The number of Topliss-reactive ketones (excluding diaryl/α,β-unsaturated/α-hetero) is 1. The van der Waals surface area contributed by atoms with Crippen molar-refractivity contribution in [3.8, 4) is 11.7 Å². The summed E-state index contributed by atoms with van der Waals surface area (Å²) in [6, 6.07) is 8.59. The van der Waals surface area contributed by atoms with Gasteiger partial charge < -0.3 is 9.15 Å². The van der Waals surface area contributed by atoms with Gasteiger partial charge in [-0.15, -0.1) is 0 Å². The summed E-state index contributed by atoms with van der Waals surface area (Å²) in [5.74, 6) is 0.380. The fraction of sp³-hybridized carbons (Fsp3) is 0.0833. The van der Waals surface area contributed by atoms with Crippen molar-refractivity contribution >= 4 is 5.78 Å². The largest absolute Gasteiger partial charge is 0.426 e. The summed E-state index contributed by atoms with van der Waals surface area (Å²) in [5, 5.41) is 0. The van der Waals surface area contributed by atoms with E-state index in [2.05, 4.69) is 0 Å². The summed E-state index contributed by atoms with van der Waals surface area (Å²) >= 11 is 0. The fourth-order valence-electron chi connectivity index (χ4n) is 1.18. The second-order valence-corrected chi connectivity index (χ2v) is 3.23. The van der Waals surface area contributed by atoms with Crippen molar-refractivity contribution in [1.82, 2.24) is 0 Å². The molecule has 82 valence electrons. The molecular weight excluding hydrogens is 211 g/mol. The van der Waals surface area contributed by atoms with E-state index in [-0.39, 0.29) is 23.3 Å². The number of hydrogen-bond donors (Lipinski definition) is 0. The normalized spacial score (nSPS) is 10.1. The topological polar surface area (TPSA) is 39.4 Å². The third kappa shape index (κ3) is 2.28. The molecule has 0 N–H and O–H groups in total. The van der Waals surface area contributed by atoms with Crippen LogP contribution in [0.2, 0.25) is 0 Å². The van der Waals surface area contributed by atoms with E-state index in [0.29, 0.717) is 5.75 Å². The molecule has 2 aromatic rings. The predicted molar refractivity (Wildman–Crippen MR) is 55.2 cm³/mol. The zero-order valence-corrected chi connectivity index (χ0v) is 8.57. The van der Waals surface area contributed by atoms with E-state index < -0.39 is 0 Å². The Morgan fingerprint density at radius 3 is 2.44 bits per heavy atom. The Balaban J connectivity index is 2.14. The smallest absolute Gasteiger partial charge is 0.290 e. The van der Waals surface area contributed by atoms with Crippen LogP contribution in [-0.4, -0.2) is 5.78 Å². The average molecular weight is 220 g/mol. The molecule has 3 nitrogen and oxygen atoms in total. The van der Waals surface area contributed by atoms with Gasteiger partial charge in [0, 0.05) is 13.0 Å². The van der Waals surface area contributed by atoms with Crippen LogP contribution in [0.3, 0.4) is 0 Å². The number of benzene rings is 1. The number of furan rings is 1. The molecule has 0 atom stereocenters. The van der Waals surface area contributed by atoms with Crippen molar-refractivity contribution in [2.45, 2.75) is 6.92 Å². The van der Waals surface area contributed by atoms with Gasteiger partial charge in [-0.2, -0.15) is 0 Å². The van der Waals surface area contributed by atoms with E-state index in [9.17, 15) is 9.18 Å². The molecule has 0 aliphatic carbocycles. The van der Waals surface area contributed by atoms with E-state index >= 15 is 0 Å². The molecule has 2 rings (SSSR count). The summed E-state index contributed by atoms with van der Waals surface area (Å²) in [6.45, 7) is 1.40. The number of ether oxygens (including phenoxy) is 1. The molecule has 0 bridgehead atoms. The monoisotopic (exact) mass is 220 g/mol. The lowest BCUT2D eigenvalue weighted by atomic mass is 10.3. The Morgan fingerprint density at radius 2 is 1.88 bits per heavy atom. The molecule has 0 aliphatic rings. The molecule has 1 aromatic heterocycles. The third-order valence-corrected chi connectivity index (χ3v) is 1.96. The van der Waals surface area contributed by atoms with Gasteiger partial charge in [-0.25, -0.2) is 4.39 Å². The van der Waals surface area contributed by atoms with Gasteiger partial charge in [0.2, 0.25) is 0 Å². The van der Waals surface area contributed by atoms with Gasteiger partial charge in [-0.05, 0) is 30.3 Å². The van der Waals surface area contributed by atoms with Crippen molar-refractivity contribution in [2.24, 2.45) is 0 Å². The molecule has 4 heteroatoms.